The Kier molecular flexibility index (Phi) is 8.01. The maximum atomic E-state index is 12.9. The van der Waals surface area contributed by atoms with E-state index in [0.29, 0.717) is 30.2 Å². The van der Waals surface area contributed by atoms with Gasteiger partial charge in [-0.25, -0.2) is 4.98 Å². The van der Waals surface area contributed by atoms with E-state index >= 15 is 0 Å². The van der Waals surface area contributed by atoms with Gasteiger partial charge in [0.15, 0.2) is 11.5 Å². The van der Waals surface area contributed by atoms with Crippen LogP contribution in [0.3, 0.4) is 0 Å². The number of rotatable bonds is 10. The molecule has 0 unspecified atom stereocenters. The van der Waals surface area contributed by atoms with Crippen molar-refractivity contribution < 1.29 is 19.0 Å². The Morgan fingerprint density at radius 2 is 1.68 bits per heavy atom. The van der Waals surface area contributed by atoms with Crippen LogP contribution in [0.15, 0.2) is 66.7 Å². The van der Waals surface area contributed by atoms with Gasteiger partial charge in [0.25, 0.3) is 5.91 Å². The van der Waals surface area contributed by atoms with Crippen molar-refractivity contribution in [3.05, 3.63) is 83.7 Å². The van der Waals surface area contributed by atoms with Crippen molar-refractivity contribution in [3.8, 4) is 17.2 Å². The third-order valence-corrected chi connectivity index (χ3v) is 6.30. The van der Waals surface area contributed by atoms with Crippen LogP contribution in [0.25, 0.3) is 11.0 Å². The second-order valence-electron chi connectivity index (χ2n) is 9.90. The lowest BCUT2D eigenvalue weighted by atomic mass is 9.87. The number of fused-ring (bicyclic) bond motifs is 1. The molecule has 1 amide bonds. The standard InChI is InChI=1S/C30H35N3O4/c1-30(2,3)22-12-14-23(15-13-22)37-18-8-17-33-25-10-7-6-9-24(25)32-28(33)20-31-29(34)21-11-16-26(35-4)27(19-21)36-5/h6-7,9-16,19H,8,17-18,20H2,1-5H3,(H,31,34). The Morgan fingerprint density at radius 3 is 2.38 bits per heavy atom. The van der Waals surface area contributed by atoms with E-state index < -0.39 is 0 Å². The van der Waals surface area contributed by atoms with Crippen LogP contribution in [0.1, 0.15) is 48.9 Å². The molecule has 0 saturated carbocycles. The highest BCUT2D eigenvalue weighted by Crippen LogP contribution is 2.28. The first-order valence-electron chi connectivity index (χ1n) is 12.5. The molecular formula is C30H35N3O4. The fourth-order valence-corrected chi connectivity index (χ4v) is 4.21. The summed E-state index contributed by atoms with van der Waals surface area (Å²) in [4.78, 5) is 17.6. The minimum atomic E-state index is -0.207. The van der Waals surface area contributed by atoms with Crippen LogP contribution in [0.4, 0.5) is 0 Å². The molecule has 37 heavy (non-hydrogen) atoms. The Morgan fingerprint density at radius 1 is 0.946 bits per heavy atom. The van der Waals surface area contributed by atoms with Gasteiger partial charge >= 0.3 is 0 Å². The summed E-state index contributed by atoms with van der Waals surface area (Å²) in [5, 5.41) is 2.99. The summed E-state index contributed by atoms with van der Waals surface area (Å²) in [6, 6.07) is 21.4. The van der Waals surface area contributed by atoms with Crippen LogP contribution in [0, 0.1) is 0 Å². The molecule has 7 nitrogen and oxygen atoms in total. The average Bonchev–Trinajstić information content (AvgIpc) is 3.26. The molecule has 4 aromatic rings. The molecule has 0 aliphatic carbocycles. The van der Waals surface area contributed by atoms with Crippen LogP contribution in [-0.2, 0) is 18.5 Å². The van der Waals surface area contributed by atoms with Crippen LogP contribution >= 0.6 is 0 Å². The molecule has 0 spiro atoms. The summed E-state index contributed by atoms with van der Waals surface area (Å²) in [7, 11) is 3.11. The lowest BCUT2D eigenvalue weighted by molar-refractivity contribution is 0.0949. The number of benzene rings is 3. The molecule has 7 heteroatoms. The highest BCUT2D eigenvalue weighted by molar-refractivity contribution is 5.94. The molecule has 1 heterocycles. The molecule has 0 saturated heterocycles. The zero-order valence-electron chi connectivity index (χ0n) is 22.2. The summed E-state index contributed by atoms with van der Waals surface area (Å²) in [5.74, 6) is 2.54. The van der Waals surface area contributed by atoms with Crippen molar-refractivity contribution in [2.45, 2.75) is 45.7 Å². The van der Waals surface area contributed by atoms with E-state index in [2.05, 4.69) is 42.8 Å². The summed E-state index contributed by atoms with van der Waals surface area (Å²) >= 11 is 0. The number of para-hydroxylation sites is 2. The number of carbonyl (C=O) groups excluding carboxylic acids is 1. The van der Waals surface area contributed by atoms with E-state index in [4.69, 9.17) is 19.2 Å². The van der Waals surface area contributed by atoms with Gasteiger partial charge in [0.2, 0.25) is 0 Å². The number of nitrogens with zero attached hydrogens (tertiary/aromatic N) is 2. The Hall–Kier alpha value is -4.00. The van der Waals surface area contributed by atoms with Crippen molar-refractivity contribution in [2.24, 2.45) is 0 Å². The molecule has 194 valence electrons. The van der Waals surface area contributed by atoms with E-state index in [9.17, 15) is 4.79 Å². The maximum absolute atomic E-state index is 12.9. The van der Waals surface area contributed by atoms with Gasteiger partial charge in [-0.05, 0) is 59.9 Å². The Balaban J connectivity index is 1.40. The maximum Gasteiger partial charge on any atom is 0.251 e. The summed E-state index contributed by atoms with van der Waals surface area (Å²) in [6.07, 6.45) is 0.804. The number of amides is 1. The minimum Gasteiger partial charge on any atom is -0.494 e. The smallest absolute Gasteiger partial charge is 0.251 e. The van der Waals surface area contributed by atoms with Crippen LogP contribution < -0.4 is 19.5 Å². The van der Waals surface area contributed by atoms with Crippen LogP contribution in [0.5, 0.6) is 17.2 Å². The number of carbonyl (C=O) groups is 1. The molecule has 3 aromatic carbocycles. The minimum absolute atomic E-state index is 0.117. The fourth-order valence-electron chi connectivity index (χ4n) is 4.21. The number of hydrogen-bond acceptors (Lipinski definition) is 5. The van der Waals surface area contributed by atoms with Gasteiger partial charge in [-0.15, -0.1) is 0 Å². The lowest BCUT2D eigenvalue weighted by Gasteiger charge is -2.19. The number of methoxy groups -OCH3 is 2. The molecule has 1 N–H and O–H groups in total. The zero-order valence-corrected chi connectivity index (χ0v) is 22.2. The van der Waals surface area contributed by atoms with Gasteiger partial charge < -0.3 is 24.1 Å². The van der Waals surface area contributed by atoms with Gasteiger partial charge in [-0.1, -0.05) is 45.0 Å². The number of hydrogen-bond donors (Lipinski definition) is 1. The molecule has 0 fully saturated rings. The summed E-state index contributed by atoms with van der Waals surface area (Å²) in [6.45, 7) is 8.21. The van der Waals surface area contributed by atoms with Crippen molar-refractivity contribution >= 4 is 16.9 Å². The third kappa shape index (κ3) is 6.23. The van der Waals surface area contributed by atoms with Crippen molar-refractivity contribution in [1.29, 1.82) is 0 Å². The first-order valence-corrected chi connectivity index (χ1v) is 12.5. The monoisotopic (exact) mass is 501 g/mol. The zero-order chi connectivity index (χ0) is 26.4. The van der Waals surface area contributed by atoms with Crippen LogP contribution in [-0.4, -0.2) is 36.3 Å². The summed E-state index contributed by atoms with van der Waals surface area (Å²) < 4.78 is 18.7. The second-order valence-corrected chi connectivity index (χ2v) is 9.90. The number of aryl methyl sites for hydroxylation is 1. The van der Waals surface area contributed by atoms with E-state index in [1.165, 1.54) is 5.56 Å². The van der Waals surface area contributed by atoms with Gasteiger partial charge in [0.05, 0.1) is 38.4 Å². The van der Waals surface area contributed by atoms with Gasteiger partial charge in [-0.3, -0.25) is 4.79 Å². The van der Waals surface area contributed by atoms with Gasteiger partial charge in [-0.2, -0.15) is 0 Å². The Labute approximate surface area is 218 Å². The second kappa shape index (κ2) is 11.4. The highest BCUT2D eigenvalue weighted by atomic mass is 16.5. The van der Waals surface area contributed by atoms with E-state index in [0.717, 1.165) is 35.6 Å². The van der Waals surface area contributed by atoms with Crippen LogP contribution in [0.2, 0.25) is 0 Å². The molecule has 0 aliphatic heterocycles. The number of imidazole rings is 1. The Bertz CT molecular complexity index is 1350. The third-order valence-electron chi connectivity index (χ3n) is 6.30. The predicted molar refractivity (Wildman–Crippen MR) is 146 cm³/mol. The van der Waals surface area contributed by atoms with Gasteiger partial charge in [0, 0.05) is 12.1 Å². The lowest BCUT2D eigenvalue weighted by Crippen LogP contribution is -2.25. The number of nitrogens with one attached hydrogen (secondary N) is 1. The normalized spacial score (nSPS) is 11.4. The van der Waals surface area contributed by atoms with Crippen molar-refractivity contribution in [2.75, 3.05) is 20.8 Å². The quantitative estimate of drug-likeness (QED) is 0.280. The first kappa shape index (κ1) is 26.1. The fraction of sp³-hybridized carbons (Fsp3) is 0.333. The highest BCUT2D eigenvalue weighted by Gasteiger charge is 2.15. The van der Waals surface area contributed by atoms with E-state index in [-0.39, 0.29) is 11.3 Å². The molecule has 0 aliphatic rings. The van der Waals surface area contributed by atoms with Crippen molar-refractivity contribution in [1.82, 2.24) is 14.9 Å². The van der Waals surface area contributed by atoms with Crippen molar-refractivity contribution in [3.63, 3.8) is 0 Å². The number of aromatic nitrogens is 2. The molecule has 1 aromatic heterocycles. The molecule has 0 atom stereocenters. The molecule has 4 rings (SSSR count). The summed E-state index contributed by atoms with van der Waals surface area (Å²) in [5.41, 5.74) is 3.83. The largest absolute Gasteiger partial charge is 0.494 e. The van der Waals surface area contributed by atoms with E-state index in [1.54, 1.807) is 32.4 Å². The topological polar surface area (TPSA) is 74.6 Å². The van der Waals surface area contributed by atoms with Gasteiger partial charge in [0.1, 0.15) is 11.6 Å². The number of ether oxygens (including phenoxy) is 3. The van der Waals surface area contributed by atoms with E-state index in [1.807, 2.05) is 36.4 Å². The molecule has 0 radical (unpaired) electrons. The first-order chi connectivity index (χ1) is 17.8. The predicted octanol–water partition coefficient (Wildman–Crippen LogP) is 5.75. The molecular weight excluding hydrogens is 466 g/mol. The molecule has 0 bridgehead atoms. The SMILES string of the molecule is COc1ccc(C(=O)NCc2nc3ccccc3n2CCCOc2ccc(C(C)(C)C)cc2)cc1OC. The average molecular weight is 502 g/mol.